The summed E-state index contributed by atoms with van der Waals surface area (Å²) in [5.74, 6) is -0.187. The van der Waals surface area contributed by atoms with Gasteiger partial charge in [0, 0.05) is 17.2 Å². The fourth-order valence-corrected chi connectivity index (χ4v) is 3.29. The predicted molar refractivity (Wildman–Crippen MR) is 138 cm³/mol. The number of hydrazone groups is 1. The van der Waals surface area contributed by atoms with Crippen molar-refractivity contribution in [1.29, 1.82) is 0 Å². The number of nitro benzene ring substituents is 1. The monoisotopic (exact) mass is 525 g/mol. The third-order valence-electron chi connectivity index (χ3n) is 4.97. The summed E-state index contributed by atoms with van der Waals surface area (Å²) in [4.78, 5) is 34.8. The summed E-state index contributed by atoms with van der Waals surface area (Å²) in [6, 6.07) is 13.3. The van der Waals surface area contributed by atoms with E-state index in [9.17, 15) is 19.7 Å². The second-order valence-corrected chi connectivity index (χ2v) is 8.16. The molecule has 37 heavy (non-hydrogen) atoms. The van der Waals surface area contributed by atoms with Crippen molar-refractivity contribution >= 4 is 35.4 Å². The third-order valence-corrected chi connectivity index (χ3v) is 5.56. The van der Waals surface area contributed by atoms with E-state index in [1.165, 1.54) is 36.5 Å². The van der Waals surface area contributed by atoms with Gasteiger partial charge in [-0.2, -0.15) is 5.10 Å². The fourth-order valence-electron chi connectivity index (χ4n) is 3.19. The Balaban J connectivity index is 1.60. The molecule has 0 bridgehead atoms. The first kappa shape index (κ1) is 27.2. The van der Waals surface area contributed by atoms with Gasteiger partial charge in [0.1, 0.15) is 5.75 Å². The normalized spacial score (nSPS) is 10.7. The minimum Gasteiger partial charge on any atom is -0.490 e. The fraction of sp³-hybridized carbons (Fsp3) is 0.192. The summed E-state index contributed by atoms with van der Waals surface area (Å²) in [6.07, 6.45) is 1.40. The maximum Gasteiger partial charge on any atom is 0.343 e. The highest BCUT2D eigenvalue weighted by Gasteiger charge is 2.15. The molecule has 3 aromatic rings. The topological polar surface area (TPSA) is 129 Å². The van der Waals surface area contributed by atoms with Crippen LogP contribution in [0.4, 0.5) is 5.69 Å². The Morgan fingerprint density at radius 1 is 1.03 bits per heavy atom. The van der Waals surface area contributed by atoms with Gasteiger partial charge >= 0.3 is 5.97 Å². The van der Waals surface area contributed by atoms with Gasteiger partial charge in [-0.25, -0.2) is 10.2 Å². The molecule has 0 atom stereocenters. The molecule has 0 unspecified atom stereocenters. The lowest BCUT2D eigenvalue weighted by molar-refractivity contribution is -0.384. The quantitative estimate of drug-likeness (QED) is 0.129. The summed E-state index contributed by atoms with van der Waals surface area (Å²) in [7, 11) is 0. The molecule has 1 amide bonds. The molecule has 0 aliphatic rings. The zero-order valence-corrected chi connectivity index (χ0v) is 21.1. The summed E-state index contributed by atoms with van der Waals surface area (Å²) in [5.41, 5.74) is 4.66. The standard InChI is InChI=1S/C26H24ClN3O7/c1-4-35-23-13-18(5-10-22(23)37-26(32)19-6-8-20(9-7-19)30(33)34)14-28-29-24(31)15-36-21-11-16(2)25(27)17(3)12-21/h5-14H,4,15H2,1-3H3,(H,29,31). The number of esters is 1. The molecular formula is C26H24ClN3O7. The van der Waals surface area contributed by atoms with E-state index in [4.69, 9.17) is 25.8 Å². The van der Waals surface area contributed by atoms with Crippen LogP contribution in [0.2, 0.25) is 5.02 Å². The number of hydrogen-bond donors (Lipinski definition) is 1. The van der Waals surface area contributed by atoms with Crippen LogP contribution in [0.3, 0.4) is 0 Å². The molecule has 10 nitrogen and oxygen atoms in total. The minimum atomic E-state index is -0.699. The Morgan fingerprint density at radius 2 is 1.70 bits per heavy atom. The summed E-state index contributed by atoms with van der Waals surface area (Å²) in [5, 5.41) is 15.4. The van der Waals surface area contributed by atoms with Crippen LogP contribution in [0.25, 0.3) is 0 Å². The number of amides is 1. The first-order valence-electron chi connectivity index (χ1n) is 11.1. The van der Waals surface area contributed by atoms with Crippen molar-refractivity contribution in [2.75, 3.05) is 13.2 Å². The van der Waals surface area contributed by atoms with Crippen LogP contribution in [0, 0.1) is 24.0 Å². The number of carbonyl (C=O) groups excluding carboxylic acids is 2. The van der Waals surface area contributed by atoms with Crippen LogP contribution in [0.15, 0.2) is 59.7 Å². The maximum absolute atomic E-state index is 12.5. The van der Waals surface area contributed by atoms with Crippen LogP contribution >= 0.6 is 11.6 Å². The van der Waals surface area contributed by atoms with E-state index < -0.39 is 16.8 Å². The van der Waals surface area contributed by atoms with Crippen LogP contribution in [0.5, 0.6) is 17.2 Å². The van der Waals surface area contributed by atoms with Gasteiger partial charge in [-0.15, -0.1) is 0 Å². The van der Waals surface area contributed by atoms with Crippen LogP contribution in [0.1, 0.15) is 34.0 Å². The van der Waals surface area contributed by atoms with Gasteiger partial charge < -0.3 is 14.2 Å². The average molecular weight is 526 g/mol. The summed E-state index contributed by atoms with van der Waals surface area (Å²) < 4.78 is 16.5. The van der Waals surface area contributed by atoms with E-state index in [0.717, 1.165) is 11.1 Å². The second kappa shape index (κ2) is 12.5. The molecule has 3 aromatic carbocycles. The van der Waals surface area contributed by atoms with Crippen molar-refractivity contribution in [2.45, 2.75) is 20.8 Å². The minimum absolute atomic E-state index is 0.135. The number of rotatable bonds is 10. The van der Waals surface area contributed by atoms with Crippen molar-refractivity contribution < 1.29 is 28.7 Å². The molecule has 3 rings (SSSR count). The van der Waals surface area contributed by atoms with E-state index in [0.29, 0.717) is 22.9 Å². The largest absolute Gasteiger partial charge is 0.490 e. The zero-order chi connectivity index (χ0) is 26.9. The number of nitrogens with zero attached hydrogens (tertiary/aromatic N) is 2. The van der Waals surface area contributed by atoms with Gasteiger partial charge in [0.05, 0.1) is 23.3 Å². The highest BCUT2D eigenvalue weighted by molar-refractivity contribution is 6.32. The number of hydrogen-bond acceptors (Lipinski definition) is 8. The molecule has 0 saturated heterocycles. The second-order valence-electron chi connectivity index (χ2n) is 7.79. The van der Waals surface area contributed by atoms with Gasteiger partial charge in [-0.1, -0.05) is 11.6 Å². The van der Waals surface area contributed by atoms with Crippen molar-refractivity contribution in [3.63, 3.8) is 0 Å². The number of benzene rings is 3. The number of halogens is 1. The summed E-state index contributed by atoms with van der Waals surface area (Å²) in [6.45, 7) is 5.54. The van der Waals surface area contributed by atoms with Gasteiger partial charge in [-0.05, 0) is 79.9 Å². The number of carbonyl (C=O) groups is 2. The van der Waals surface area contributed by atoms with Crippen LogP contribution in [-0.2, 0) is 4.79 Å². The first-order chi connectivity index (χ1) is 17.7. The highest BCUT2D eigenvalue weighted by atomic mass is 35.5. The van der Waals surface area contributed by atoms with Gasteiger partial charge in [-0.3, -0.25) is 14.9 Å². The predicted octanol–water partition coefficient (Wildman–Crippen LogP) is 5.01. The lowest BCUT2D eigenvalue weighted by Gasteiger charge is -2.11. The van der Waals surface area contributed by atoms with Gasteiger partial charge in [0.15, 0.2) is 18.1 Å². The Bertz CT molecular complexity index is 1320. The third kappa shape index (κ3) is 7.52. The van der Waals surface area contributed by atoms with Gasteiger partial charge in [0.25, 0.3) is 11.6 Å². The average Bonchev–Trinajstić information content (AvgIpc) is 2.87. The molecule has 0 aromatic heterocycles. The molecular weight excluding hydrogens is 502 g/mol. The lowest BCUT2D eigenvalue weighted by atomic mass is 10.1. The molecule has 0 saturated carbocycles. The first-order valence-corrected chi connectivity index (χ1v) is 11.5. The molecule has 0 radical (unpaired) electrons. The van der Waals surface area contributed by atoms with Crippen LogP contribution < -0.4 is 19.6 Å². The van der Waals surface area contributed by atoms with Gasteiger partial charge in [0.2, 0.25) is 0 Å². The SMILES string of the molecule is CCOc1cc(C=NNC(=O)COc2cc(C)c(Cl)c(C)c2)ccc1OC(=O)c1ccc([N+](=O)[O-])cc1. The van der Waals surface area contributed by atoms with E-state index >= 15 is 0 Å². The Labute approximate surface area is 218 Å². The summed E-state index contributed by atoms with van der Waals surface area (Å²) >= 11 is 6.14. The molecule has 0 heterocycles. The van der Waals surface area contributed by atoms with E-state index in [-0.39, 0.29) is 29.4 Å². The van der Waals surface area contributed by atoms with Crippen molar-refractivity contribution in [2.24, 2.45) is 5.10 Å². The lowest BCUT2D eigenvalue weighted by Crippen LogP contribution is -2.24. The molecule has 0 spiro atoms. The van der Waals surface area contributed by atoms with E-state index in [1.54, 1.807) is 31.2 Å². The number of nitro groups is 1. The van der Waals surface area contributed by atoms with Crippen molar-refractivity contribution in [3.8, 4) is 17.2 Å². The zero-order valence-electron chi connectivity index (χ0n) is 20.3. The number of nitrogens with one attached hydrogen (secondary N) is 1. The van der Waals surface area contributed by atoms with Crippen molar-refractivity contribution in [3.05, 3.63) is 92.0 Å². The Hall–Kier alpha value is -4.44. The van der Waals surface area contributed by atoms with E-state index in [2.05, 4.69) is 10.5 Å². The molecule has 192 valence electrons. The highest BCUT2D eigenvalue weighted by Crippen LogP contribution is 2.29. The smallest absolute Gasteiger partial charge is 0.343 e. The molecule has 11 heteroatoms. The molecule has 0 aliphatic carbocycles. The maximum atomic E-state index is 12.5. The van der Waals surface area contributed by atoms with E-state index in [1.807, 2.05) is 13.8 Å². The number of non-ortho nitro benzene ring substituents is 1. The number of aryl methyl sites for hydroxylation is 2. The molecule has 0 aliphatic heterocycles. The number of ether oxygens (including phenoxy) is 3. The Kier molecular flexibility index (Phi) is 9.17. The van der Waals surface area contributed by atoms with Crippen molar-refractivity contribution in [1.82, 2.24) is 5.43 Å². The Morgan fingerprint density at radius 3 is 2.32 bits per heavy atom. The molecule has 0 fully saturated rings. The molecule has 1 N–H and O–H groups in total. The van der Waals surface area contributed by atoms with Crippen LogP contribution in [-0.4, -0.2) is 36.2 Å².